The van der Waals surface area contributed by atoms with Crippen molar-refractivity contribution in [1.82, 2.24) is 15.6 Å². The zero-order valence-electron chi connectivity index (χ0n) is 16.9. The van der Waals surface area contributed by atoms with Gasteiger partial charge in [-0.3, -0.25) is 0 Å². The summed E-state index contributed by atoms with van der Waals surface area (Å²) in [6.07, 6.45) is 1.78. The van der Waals surface area contributed by atoms with Gasteiger partial charge in [0.2, 0.25) is 5.88 Å². The molecule has 0 fully saturated rings. The molecule has 2 heterocycles. The van der Waals surface area contributed by atoms with Crippen molar-refractivity contribution in [3.63, 3.8) is 0 Å². The number of aliphatic imine (C=N–C) groups is 1. The largest absolute Gasteiger partial charge is 0.497 e. The van der Waals surface area contributed by atoms with Crippen LogP contribution in [0.4, 0.5) is 0 Å². The molecule has 3 rings (SSSR count). The van der Waals surface area contributed by atoms with Crippen LogP contribution in [0.1, 0.15) is 22.2 Å². The van der Waals surface area contributed by atoms with E-state index in [0.29, 0.717) is 18.2 Å². The monoisotopic (exact) mass is 410 g/mol. The van der Waals surface area contributed by atoms with Gasteiger partial charge in [-0.25, -0.2) is 9.98 Å². The van der Waals surface area contributed by atoms with Crippen LogP contribution >= 0.6 is 11.3 Å². The summed E-state index contributed by atoms with van der Waals surface area (Å²) in [7, 11) is 1.63. The Hall–Kier alpha value is -3.06. The van der Waals surface area contributed by atoms with Crippen LogP contribution in [0.25, 0.3) is 0 Å². The summed E-state index contributed by atoms with van der Waals surface area (Å²) in [4.78, 5) is 11.6. The van der Waals surface area contributed by atoms with Crippen LogP contribution in [0.2, 0.25) is 0 Å². The molecule has 0 saturated carbocycles. The van der Waals surface area contributed by atoms with E-state index in [1.165, 1.54) is 9.75 Å². The number of methoxy groups -OCH3 is 1. The van der Waals surface area contributed by atoms with Crippen molar-refractivity contribution in [2.75, 3.05) is 13.7 Å². The molecule has 0 aliphatic heterocycles. The highest BCUT2D eigenvalue weighted by atomic mass is 32.1. The predicted molar refractivity (Wildman–Crippen MR) is 118 cm³/mol. The van der Waals surface area contributed by atoms with E-state index in [2.05, 4.69) is 46.6 Å². The highest BCUT2D eigenvalue weighted by molar-refractivity contribution is 7.11. The Morgan fingerprint density at radius 3 is 2.66 bits per heavy atom. The maximum atomic E-state index is 5.78. The summed E-state index contributed by atoms with van der Waals surface area (Å²) in [6.45, 7) is 6.27. The van der Waals surface area contributed by atoms with Gasteiger partial charge in [0.25, 0.3) is 0 Å². The Kier molecular flexibility index (Phi) is 7.47. The Labute approximate surface area is 175 Å². The zero-order chi connectivity index (χ0) is 20.5. The van der Waals surface area contributed by atoms with E-state index in [-0.39, 0.29) is 0 Å². The quantitative estimate of drug-likeness (QED) is 0.422. The first-order chi connectivity index (χ1) is 14.2. The second-order valence-electron chi connectivity index (χ2n) is 6.35. The Balaban J connectivity index is 1.57. The number of pyridine rings is 1. The number of hydrogen-bond acceptors (Lipinski definition) is 5. The van der Waals surface area contributed by atoms with E-state index in [0.717, 1.165) is 30.4 Å². The maximum absolute atomic E-state index is 5.78. The number of hydrogen-bond donors (Lipinski definition) is 2. The van der Waals surface area contributed by atoms with Gasteiger partial charge in [-0.05, 0) is 43.7 Å². The number of aromatic nitrogens is 1. The summed E-state index contributed by atoms with van der Waals surface area (Å²) in [5, 5.41) is 6.64. The molecule has 6 nitrogen and oxygen atoms in total. The Morgan fingerprint density at radius 2 is 1.97 bits per heavy atom. The minimum Gasteiger partial charge on any atom is -0.497 e. The van der Waals surface area contributed by atoms with Crippen LogP contribution in [0.5, 0.6) is 17.4 Å². The van der Waals surface area contributed by atoms with Gasteiger partial charge in [-0.15, -0.1) is 11.3 Å². The van der Waals surface area contributed by atoms with E-state index >= 15 is 0 Å². The molecular formula is C22H26N4O2S. The minimum absolute atomic E-state index is 0.532. The molecule has 29 heavy (non-hydrogen) atoms. The molecule has 3 aromatic rings. The van der Waals surface area contributed by atoms with Crippen molar-refractivity contribution in [1.29, 1.82) is 0 Å². The highest BCUT2D eigenvalue weighted by Gasteiger charge is 2.03. The lowest BCUT2D eigenvalue weighted by molar-refractivity contribution is 0.407. The van der Waals surface area contributed by atoms with Crippen molar-refractivity contribution in [2.24, 2.45) is 4.99 Å². The number of rotatable bonds is 8. The summed E-state index contributed by atoms with van der Waals surface area (Å²) < 4.78 is 11.0. The number of aryl methyl sites for hydroxylation is 1. The first-order valence-corrected chi connectivity index (χ1v) is 10.3. The van der Waals surface area contributed by atoms with Crippen molar-refractivity contribution in [3.05, 3.63) is 70.0 Å². The van der Waals surface area contributed by atoms with Gasteiger partial charge in [-0.2, -0.15) is 0 Å². The molecule has 0 unspecified atom stereocenters. The van der Waals surface area contributed by atoms with Gasteiger partial charge >= 0.3 is 0 Å². The average Bonchev–Trinajstić information content (AvgIpc) is 3.16. The Morgan fingerprint density at radius 1 is 1.10 bits per heavy atom. The second kappa shape index (κ2) is 10.5. The lowest BCUT2D eigenvalue weighted by Gasteiger charge is -2.10. The van der Waals surface area contributed by atoms with E-state index in [1.54, 1.807) is 24.6 Å². The minimum atomic E-state index is 0.532. The molecule has 0 radical (unpaired) electrons. The van der Waals surface area contributed by atoms with Crippen LogP contribution in [0.3, 0.4) is 0 Å². The van der Waals surface area contributed by atoms with Crippen molar-refractivity contribution in [3.8, 4) is 17.4 Å². The van der Waals surface area contributed by atoms with Gasteiger partial charge in [0, 0.05) is 34.6 Å². The summed E-state index contributed by atoms with van der Waals surface area (Å²) in [6, 6.07) is 15.5. The Bertz CT molecular complexity index is 938. The van der Waals surface area contributed by atoms with Crippen molar-refractivity contribution < 1.29 is 9.47 Å². The van der Waals surface area contributed by atoms with Crippen molar-refractivity contribution in [2.45, 2.75) is 26.9 Å². The molecule has 0 atom stereocenters. The van der Waals surface area contributed by atoms with E-state index in [4.69, 9.17) is 9.47 Å². The summed E-state index contributed by atoms with van der Waals surface area (Å²) in [5.41, 5.74) is 1.01. The lowest BCUT2D eigenvalue weighted by Crippen LogP contribution is -2.36. The first kappa shape index (κ1) is 20.7. The molecule has 152 valence electrons. The van der Waals surface area contributed by atoms with Gasteiger partial charge in [0.05, 0.1) is 20.2 Å². The number of thiophene rings is 1. The smallest absolute Gasteiger partial charge is 0.219 e. The molecule has 0 amide bonds. The number of ether oxygens (including phenoxy) is 2. The molecule has 0 saturated heterocycles. The van der Waals surface area contributed by atoms with Crippen LogP contribution < -0.4 is 20.1 Å². The van der Waals surface area contributed by atoms with Crippen LogP contribution in [-0.4, -0.2) is 24.6 Å². The molecule has 1 aromatic carbocycles. The van der Waals surface area contributed by atoms with Crippen LogP contribution in [-0.2, 0) is 13.1 Å². The van der Waals surface area contributed by atoms with Crippen LogP contribution in [0, 0.1) is 6.92 Å². The molecular weight excluding hydrogens is 384 g/mol. The normalized spacial score (nSPS) is 11.2. The lowest BCUT2D eigenvalue weighted by atomic mass is 10.3. The maximum Gasteiger partial charge on any atom is 0.219 e. The highest BCUT2D eigenvalue weighted by Crippen LogP contribution is 2.23. The molecule has 0 aliphatic carbocycles. The fourth-order valence-corrected chi connectivity index (χ4v) is 3.44. The molecule has 2 aromatic heterocycles. The molecule has 7 heteroatoms. The number of benzene rings is 1. The molecule has 2 N–H and O–H groups in total. The zero-order valence-corrected chi connectivity index (χ0v) is 17.8. The third-order valence-corrected chi connectivity index (χ3v) is 5.05. The van der Waals surface area contributed by atoms with Crippen molar-refractivity contribution >= 4 is 17.3 Å². The molecule has 0 spiro atoms. The first-order valence-electron chi connectivity index (χ1n) is 9.50. The predicted octanol–water partition coefficient (Wildman–Crippen LogP) is 4.51. The van der Waals surface area contributed by atoms with E-state index in [1.807, 2.05) is 36.4 Å². The average molecular weight is 411 g/mol. The fraction of sp³-hybridized carbons (Fsp3) is 0.273. The number of guanidine groups is 1. The SMILES string of the molecule is CCNC(=NCc1ccc(Oc2cccc(OC)c2)nc1)NCc1ccc(C)s1. The van der Waals surface area contributed by atoms with Gasteiger partial charge < -0.3 is 20.1 Å². The summed E-state index contributed by atoms with van der Waals surface area (Å²) in [5.74, 6) is 2.75. The van der Waals surface area contributed by atoms with E-state index < -0.39 is 0 Å². The second-order valence-corrected chi connectivity index (χ2v) is 7.72. The topological polar surface area (TPSA) is 67.8 Å². The van der Waals surface area contributed by atoms with E-state index in [9.17, 15) is 0 Å². The standard InChI is InChI=1S/C22H26N4O2S/c1-4-23-22(26-15-20-10-8-16(2)29-20)25-14-17-9-11-21(24-13-17)28-19-7-5-6-18(12-19)27-3/h5-13H,4,14-15H2,1-3H3,(H2,23,25,26). The number of nitrogens with one attached hydrogen (secondary N) is 2. The van der Waals surface area contributed by atoms with Gasteiger partial charge in [0.15, 0.2) is 5.96 Å². The molecule has 0 bridgehead atoms. The third-order valence-electron chi connectivity index (χ3n) is 4.05. The third kappa shape index (κ3) is 6.50. The fourth-order valence-electron chi connectivity index (χ4n) is 2.61. The van der Waals surface area contributed by atoms with Crippen LogP contribution in [0.15, 0.2) is 59.7 Å². The summed E-state index contributed by atoms with van der Waals surface area (Å²) >= 11 is 1.79. The van der Waals surface area contributed by atoms with Gasteiger partial charge in [0.1, 0.15) is 11.5 Å². The number of nitrogens with zero attached hydrogens (tertiary/aromatic N) is 2. The van der Waals surface area contributed by atoms with Gasteiger partial charge in [-0.1, -0.05) is 12.1 Å². The molecule has 0 aliphatic rings.